The molecule has 0 radical (unpaired) electrons. The van der Waals surface area contributed by atoms with Crippen LogP contribution in [0.3, 0.4) is 0 Å². The van der Waals surface area contributed by atoms with E-state index in [1.54, 1.807) is 0 Å². The summed E-state index contributed by atoms with van der Waals surface area (Å²) in [5, 5.41) is 3.34. The molecule has 0 spiro atoms. The van der Waals surface area contributed by atoms with Gasteiger partial charge in [0.15, 0.2) is 0 Å². The van der Waals surface area contributed by atoms with Gasteiger partial charge in [-0.15, -0.1) is 0 Å². The third-order valence-corrected chi connectivity index (χ3v) is 3.10. The van der Waals surface area contributed by atoms with Gasteiger partial charge >= 0.3 is 0 Å². The zero-order valence-corrected chi connectivity index (χ0v) is 9.08. The normalized spacial score (nSPS) is 30.3. The first kappa shape index (κ1) is 10.9. The molecule has 1 rings (SSSR count). The largest absolute Gasteiger partial charge is 0.310 e. The van der Waals surface area contributed by atoms with Crippen molar-refractivity contribution in [2.24, 2.45) is 0 Å². The van der Waals surface area contributed by atoms with Gasteiger partial charge in [-0.3, -0.25) is 0 Å². The van der Waals surface area contributed by atoms with E-state index in [0.717, 1.165) is 13.0 Å². The van der Waals surface area contributed by atoms with Crippen LogP contribution in [0.5, 0.6) is 0 Å². The summed E-state index contributed by atoms with van der Waals surface area (Å²) in [6, 6.07) is 0. The van der Waals surface area contributed by atoms with E-state index in [4.69, 9.17) is 0 Å². The molecule has 0 aromatic heterocycles. The van der Waals surface area contributed by atoms with Gasteiger partial charge in [0.1, 0.15) is 0 Å². The van der Waals surface area contributed by atoms with Crippen molar-refractivity contribution in [3.05, 3.63) is 0 Å². The van der Waals surface area contributed by atoms with E-state index in [1.165, 1.54) is 19.1 Å². The molecule has 0 aliphatic carbocycles. The Bertz CT molecular complexity index is 255. The number of nitrogens with one attached hydrogen (secondary N) is 2. The van der Waals surface area contributed by atoms with Crippen LogP contribution in [-0.2, 0) is 10.0 Å². The summed E-state index contributed by atoms with van der Waals surface area (Å²) in [4.78, 5) is 0. The monoisotopic (exact) mass is 206 g/mol. The van der Waals surface area contributed by atoms with Gasteiger partial charge in [0.05, 0.1) is 6.26 Å². The molecule has 0 bridgehead atoms. The van der Waals surface area contributed by atoms with Crippen LogP contribution in [0.15, 0.2) is 0 Å². The first-order chi connectivity index (χ1) is 5.91. The molecule has 1 unspecified atom stereocenters. The fourth-order valence-electron chi connectivity index (χ4n) is 1.56. The minimum absolute atomic E-state index is 0.0542. The van der Waals surface area contributed by atoms with Crippen LogP contribution in [-0.4, -0.2) is 33.3 Å². The van der Waals surface area contributed by atoms with Crippen LogP contribution < -0.4 is 10.0 Å². The van der Waals surface area contributed by atoms with E-state index >= 15 is 0 Å². The maximum absolute atomic E-state index is 10.9. The maximum Gasteiger partial charge on any atom is 0.208 e. The van der Waals surface area contributed by atoms with E-state index < -0.39 is 10.0 Å². The summed E-state index contributed by atoms with van der Waals surface area (Å²) >= 11 is 0. The molecule has 0 aromatic rings. The van der Waals surface area contributed by atoms with Crippen LogP contribution in [0, 0.1) is 0 Å². The fraction of sp³-hybridized carbons (Fsp3) is 1.00. The average Bonchev–Trinajstić information content (AvgIpc) is 2.02. The SMILES string of the molecule is CC1(CNS(C)(=O)=O)CCCCN1. The van der Waals surface area contributed by atoms with Gasteiger partial charge in [-0.05, 0) is 26.3 Å². The molecule has 1 saturated heterocycles. The predicted octanol–water partition coefficient (Wildman–Crippen LogP) is 0.0678. The minimum atomic E-state index is -3.05. The Hall–Kier alpha value is -0.130. The second-order valence-corrected chi connectivity index (χ2v) is 5.87. The smallest absolute Gasteiger partial charge is 0.208 e. The van der Waals surface area contributed by atoms with Crippen LogP contribution in [0.1, 0.15) is 26.2 Å². The number of piperidine rings is 1. The molecule has 1 aliphatic heterocycles. The Kier molecular flexibility index (Phi) is 3.32. The van der Waals surface area contributed by atoms with E-state index in [-0.39, 0.29) is 5.54 Å². The second kappa shape index (κ2) is 3.94. The van der Waals surface area contributed by atoms with Crippen molar-refractivity contribution in [3.8, 4) is 0 Å². The Balaban J connectivity index is 2.42. The Morgan fingerprint density at radius 1 is 1.46 bits per heavy atom. The van der Waals surface area contributed by atoms with E-state index in [2.05, 4.69) is 17.0 Å². The van der Waals surface area contributed by atoms with E-state index in [9.17, 15) is 8.42 Å². The van der Waals surface area contributed by atoms with Crippen molar-refractivity contribution in [2.45, 2.75) is 31.7 Å². The lowest BCUT2D eigenvalue weighted by Gasteiger charge is -2.34. The number of rotatable bonds is 3. The summed E-state index contributed by atoms with van der Waals surface area (Å²) in [5.41, 5.74) is -0.0542. The van der Waals surface area contributed by atoms with Crippen molar-refractivity contribution in [1.29, 1.82) is 0 Å². The molecule has 13 heavy (non-hydrogen) atoms. The quantitative estimate of drug-likeness (QED) is 0.687. The van der Waals surface area contributed by atoms with Crippen molar-refractivity contribution in [1.82, 2.24) is 10.0 Å². The maximum atomic E-state index is 10.9. The van der Waals surface area contributed by atoms with Crippen molar-refractivity contribution in [2.75, 3.05) is 19.3 Å². The number of hydrogen-bond donors (Lipinski definition) is 2. The molecule has 4 nitrogen and oxygen atoms in total. The highest BCUT2D eigenvalue weighted by Gasteiger charge is 2.26. The summed E-state index contributed by atoms with van der Waals surface area (Å²) in [7, 11) is -3.05. The van der Waals surface area contributed by atoms with Gasteiger partial charge in [0.2, 0.25) is 10.0 Å². The van der Waals surface area contributed by atoms with Gasteiger partial charge in [-0.2, -0.15) is 0 Å². The van der Waals surface area contributed by atoms with Crippen molar-refractivity contribution < 1.29 is 8.42 Å². The first-order valence-electron chi connectivity index (χ1n) is 4.61. The lowest BCUT2D eigenvalue weighted by atomic mass is 9.91. The molecule has 0 amide bonds. The van der Waals surface area contributed by atoms with Crippen LogP contribution in [0.4, 0.5) is 0 Å². The van der Waals surface area contributed by atoms with E-state index in [1.807, 2.05) is 0 Å². The topological polar surface area (TPSA) is 58.2 Å². The van der Waals surface area contributed by atoms with Gasteiger partial charge < -0.3 is 5.32 Å². The summed E-state index contributed by atoms with van der Waals surface area (Å²) in [6.45, 7) is 3.54. The highest BCUT2D eigenvalue weighted by molar-refractivity contribution is 7.88. The lowest BCUT2D eigenvalue weighted by Crippen LogP contribution is -2.53. The molecule has 1 fully saturated rings. The molecule has 78 valence electrons. The minimum Gasteiger partial charge on any atom is -0.310 e. The highest BCUT2D eigenvalue weighted by atomic mass is 32.2. The van der Waals surface area contributed by atoms with E-state index in [0.29, 0.717) is 6.54 Å². The van der Waals surface area contributed by atoms with Gasteiger partial charge in [0.25, 0.3) is 0 Å². The van der Waals surface area contributed by atoms with Crippen molar-refractivity contribution in [3.63, 3.8) is 0 Å². The third kappa shape index (κ3) is 4.06. The molecular formula is C8H18N2O2S. The van der Waals surface area contributed by atoms with Crippen LogP contribution in [0.25, 0.3) is 0 Å². The Labute approximate surface area is 80.1 Å². The summed E-state index contributed by atoms with van der Waals surface area (Å²) < 4.78 is 24.3. The summed E-state index contributed by atoms with van der Waals surface area (Å²) in [5.74, 6) is 0. The molecule has 5 heteroatoms. The molecule has 0 aromatic carbocycles. The predicted molar refractivity (Wildman–Crippen MR) is 53.1 cm³/mol. The zero-order valence-electron chi connectivity index (χ0n) is 8.26. The standard InChI is InChI=1S/C8H18N2O2S/c1-8(5-3-4-6-9-8)7-10-13(2,11)12/h9-10H,3-7H2,1-2H3. The first-order valence-corrected chi connectivity index (χ1v) is 6.50. The molecule has 1 heterocycles. The average molecular weight is 206 g/mol. The highest BCUT2D eigenvalue weighted by Crippen LogP contribution is 2.17. The Morgan fingerprint density at radius 2 is 2.15 bits per heavy atom. The molecule has 2 N–H and O–H groups in total. The number of sulfonamides is 1. The zero-order chi connectivity index (χ0) is 9.95. The third-order valence-electron chi connectivity index (χ3n) is 2.43. The molecule has 1 atom stereocenters. The molecular weight excluding hydrogens is 188 g/mol. The Morgan fingerprint density at radius 3 is 2.62 bits per heavy atom. The second-order valence-electron chi connectivity index (χ2n) is 4.04. The van der Waals surface area contributed by atoms with Crippen LogP contribution >= 0.6 is 0 Å². The molecule has 0 saturated carbocycles. The van der Waals surface area contributed by atoms with Crippen molar-refractivity contribution >= 4 is 10.0 Å². The number of hydrogen-bond acceptors (Lipinski definition) is 3. The van der Waals surface area contributed by atoms with Gasteiger partial charge in [-0.1, -0.05) is 6.42 Å². The summed E-state index contributed by atoms with van der Waals surface area (Å²) in [6.07, 6.45) is 4.60. The van der Waals surface area contributed by atoms with Gasteiger partial charge in [-0.25, -0.2) is 13.1 Å². The van der Waals surface area contributed by atoms with Gasteiger partial charge in [0, 0.05) is 12.1 Å². The lowest BCUT2D eigenvalue weighted by molar-refractivity contribution is 0.279. The molecule has 1 aliphatic rings. The fourth-order valence-corrected chi connectivity index (χ4v) is 2.14. The van der Waals surface area contributed by atoms with Crippen LogP contribution in [0.2, 0.25) is 0 Å².